The van der Waals surface area contributed by atoms with Crippen molar-refractivity contribution in [1.82, 2.24) is 39.9 Å². The van der Waals surface area contributed by atoms with Crippen LogP contribution < -0.4 is 0 Å². The molecule has 5 heterocycles. The Balaban J connectivity index is 1.44. The molecule has 8 heteroatoms. The molecule has 3 aliphatic rings. The molecule has 8 bridgehead atoms. The molecule has 0 fully saturated rings. The van der Waals surface area contributed by atoms with E-state index in [1.807, 2.05) is 0 Å². The molecule has 3 aromatic carbocycles. The number of aryl methyl sites for hydroxylation is 1. The van der Waals surface area contributed by atoms with Crippen molar-refractivity contribution in [3.8, 4) is 45.6 Å². The summed E-state index contributed by atoms with van der Waals surface area (Å²) in [7, 11) is 0. The zero-order valence-corrected chi connectivity index (χ0v) is 33.0. The maximum absolute atomic E-state index is 5.34. The monoisotopic (exact) mass is 712 g/mol. The molecular formula is C46H48N8. The van der Waals surface area contributed by atoms with Gasteiger partial charge in [-0.15, -0.1) is 0 Å². The molecule has 2 aliphatic heterocycles. The van der Waals surface area contributed by atoms with Crippen molar-refractivity contribution in [3.05, 3.63) is 88.5 Å². The molecule has 2 N–H and O–H groups in total. The minimum absolute atomic E-state index is 0.0537. The normalized spacial score (nSPS) is 15.3. The van der Waals surface area contributed by atoms with Gasteiger partial charge >= 0.3 is 0 Å². The van der Waals surface area contributed by atoms with Crippen LogP contribution in [0.3, 0.4) is 0 Å². The molecule has 54 heavy (non-hydrogen) atoms. The second-order valence-corrected chi connectivity index (χ2v) is 18.3. The van der Waals surface area contributed by atoms with Gasteiger partial charge in [0.2, 0.25) is 0 Å². The lowest BCUT2D eigenvalue weighted by molar-refractivity contribution is 0.291. The standard InChI is InChI=1S/C46H48N8/c1-11-24-12-16-28-32(20-24)40-47-36(28)49-41-34-22-26(45(5,6)7)14-18-30(34)38(51-41)53-43-35-23-27(46(8,9)10)15-19-31(35)39(54-43)52-42-33-21-25(44(2,3)4)13-17-29(33)37(48-40)50-42/h12-22,27H,11,23H2,1-10H3,(H2,47,48,49,50,51,52,53,54). The van der Waals surface area contributed by atoms with Crippen LogP contribution in [0.15, 0.2) is 60.7 Å². The summed E-state index contributed by atoms with van der Waals surface area (Å²) < 4.78 is 0. The van der Waals surface area contributed by atoms with Crippen LogP contribution in [0.5, 0.6) is 0 Å². The lowest BCUT2D eigenvalue weighted by atomic mass is 9.74. The Kier molecular flexibility index (Phi) is 7.46. The third kappa shape index (κ3) is 5.65. The maximum atomic E-state index is 5.34. The second kappa shape index (κ2) is 11.7. The topological polar surface area (TPSA) is 109 Å². The van der Waals surface area contributed by atoms with Crippen LogP contribution in [0.4, 0.5) is 0 Å². The number of aromatic nitrogens is 8. The fourth-order valence-corrected chi connectivity index (χ4v) is 7.81. The number of rotatable bonds is 1. The largest absolute Gasteiger partial charge is 0.324 e. The van der Waals surface area contributed by atoms with Crippen LogP contribution in [0, 0.1) is 11.3 Å². The van der Waals surface area contributed by atoms with E-state index in [1.165, 1.54) is 16.7 Å². The smallest absolute Gasteiger partial charge is 0.164 e. The lowest BCUT2D eigenvalue weighted by Gasteiger charge is -2.30. The fourth-order valence-electron chi connectivity index (χ4n) is 7.81. The molecule has 0 radical (unpaired) electrons. The van der Waals surface area contributed by atoms with E-state index >= 15 is 0 Å². The number of nitrogens with one attached hydrogen (secondary N) is 2. The number of allylic oxidation sites excluding steroid dienone is 1. The van der Waals surface area contributed by atoms with Gasteiger partial charge in [0.05, 0.1) is 0 Å². The molecule has 1 unspecified atom stereocenters. The lowest BCUT2D eigenvalue weighted by Crippen LogP contribution is -2.22. The van der Waals surface area contributed by atoms with Crippen LogP contribution >= 0.6 is 0 Å². The number of hydrogen-bond donors (Lipinski definition) is 2. The third-order valence-electron chi connectivity index (χ3n) is 11.4. The van der Waals surface area contributed by atoms with E-state index in [4.69, 9.17) is 29.9 Å². The SMILES string of the molecule is CCc1ccc2c3nc4nc(nc5[nH]c(nc6nc(nc([nH]3)c2c1)-c1ccc(C(C)(C)C)cc1-6)c1c5CC(C(C)(C)C)C=C1)-c1ccc(C(C)(C)C)cc1-4. The minimum atomic E-state index is -0.0537. The summed E-state index contributed by atoms with van der Waals surface area (Å²) in [4.78, 5) is 38.9. The van der Waals surface area contributed by atoms with E-state index in [0.717, 1.165) is 68.3 Å². The Hall–Kier alpha value is -5.50. The average molecular weight is 713 g/mol. The number of aromatic amines is 2. The number of H-pyrrole nitrogens is 2. The molecule has 1 aliphatic carbocycles. The van der Waals surface area contributed by atoms with E-state index in [9.17, 15) is 0 Å². The predicted molar refractivity (Wildman–Crippen MR) is 221 cm³/mol. The first-order valence-electron chi connectivity index (χ1n) is 19.2. The van der Waals surface area contributed by atoms with E-state index in [1.54, 1.807) is 0 Å². The van der Waals surface area contributed by atoms with Crippen molar-refractivity contribution in [2.45, 2.75) is 92.9 Å². The highest BCUT2D eigenvalue weighted by atomic mass is 15.1. The van der Waals surface area contributed by atoms with Gasteiger partial charge in [-0.05, 0) is 69.9 Å². The molecule has 8 nitrogen and oxygen atoms in total. The van der Waals surface area contributed by atoms with Gasteiger partial charge in [0.15, 0.2) is 23.3 Å². The summed E-state index contributed by atoms with van der Waals surface area (Å²) in [5.74, 6) is 2.85. The van der Waals surface area contributed by atoms with Crippen molar-refractivity contribution < 1.29 is 0 Å². The Labute approximate surface area is 316 Å². The van der Waals surface area contributed by atoms with Crippen molar-refractivity contribution in [2.75, 3.05) is 0 Å². The second-order valence-electron chi connectivity index (χ2n) is 18.3. The molecule has 6 aromatic rings. The van der Waals surface area contributed by atoms with Gasteiger partial charge in [-0.1, -0.05) is 118 Å². The molecule has 3 aromatic heterocycles. The number of benzene rings is 3. The fraction of sp³-hybridized carbons (Fsp3) is 0.348. The first-order valence-corrected chi connectivity index (χ1v) is 19.2. The van der Waals surface area contributed by atoms with Crippen LogP contribution in [0.2, 0.25) is 0 Å². The van der Waals surface area contributed by atoms with E-state index in [0.29, 0.717) is 40.5 Å². The first-order chi connectivity index (χ1) is 25.5. The van der Waals surface area contributed by atoms with Crippen molar-refractivity contribution in [2.24, 2.45) is 11.3 Å². The quantitative estimate of drug-likeness (QED) is 0.175. The zero-order chi connectivity index (χ0) is 37.9. The summed E-state index contributed by atoms with van der Waals surface area (Å²) in [5.41, 5.74) is 12.6. The highest BCUT2D eigenvalue weighted by molar-refractivity contribution is 6.05. The molecule has 0 spiro atoms. The Morgan fingerprint density at radius 1 is 0.556 bits per heavy atom. The number of nitrogens with zero attached hydrogens (tertiary/aromatic N) is 6. The minimum Gasteiger partial charge on any atom is -0.324 e. The Morgan fingerprint density at radius 2 is 1.07 bits per heavy atom. The summed E-state index contributed by atoms with van der Waals surface area (Å²) in [6.07, 6.45) is 6.30. The number of fused-ring (bicyclic) bond motifs is 20. The van der Waals surface area contributed by atoms with Gasteiger partial charge in [-0.2, -0.15) is 0 Å². The predicted octanol–water partition coefficient (Wildman–Crippen LogP) is 11.1. The molecule has 272 valence electrons. The molecule has 9 rings (SSSR count). The van der Waals surface area contributed by atoms with Crippen LogP contribution in [0.25, 0.3) is 85.0 Å². The van der Waals surface area contributed by atoms with Crippen LogP contribution in [-0.4, -0.2) is 39.9 Å². The van der Waals surface area contributed by atoms with E-state index in [-0.39, 0.29) is 16.2 Å². The van der Waals surface area contributed by atoms with Gasteiger partial charge in [-0.25, -0.2) is 29.9 Å². The van der Waals surface area contributed by atoms with Gasteiger partial charge in [-0.3, -0.25) is 0 Å². The van der Waals surface area contributed by atoms with Crippen molar-refractivity contribution >= 4 is 39.4 Å². The van der Waals surface area contributed by atoms with Gasteiger partial charge in [0.25, 0.3) is 0 Å². The Morgan fingerprint density at radius 3 is 1.63 bits per heavy atom. The summed E-state index contributed by atoms with van der Waals surface area (Å²) in [6, 6.07) is 19.7. The molecular weight excluding hydrogens is 665 g/mol. The first kappa shape index (κ1) is 34.3. The summed E-state index contributed by atoms with van der Waals surface area (Å²) in [5, 5.41) is 1.98. The van der Waals surface area contributed by atoms with Crippen LogP contribution in [-0.2, 0) is 23.7 Å². The van der Waals surface area contributed by atoms with Gasteiger partial charge in [0.1, 0.15) is 22.6 Å². The zero-order valence-electron chi connectivity index (χ0n) is 33.0. The van der Waals surface area contributed by atoms with Crippen molar-refractivity contribution in [3.63, 3.8) is 0 Å². The average Bonchev–Trinajstić information content (AvgIpc) is 3.84. The third-order valence-corrected chi connectivity index (χ3v) is 11.4. The van der Waals surface area contributed by atoms with Crippen LogP contribution in [0.1, 0.15) is 97.1 Å². The highest BCUT2D eigenvalue weighted by Crippen LogP contribution is 2.42. The summed E-state index contributed by atoms with van der Waals surface area (Å²) >= 11 is 0. The molecule has 0 amide bonds. The molecule has 0 saturated carbocycles. The Bertz CT molecular complexity index is 2740. The van der Waals surface area contributed by atoms with E-state index < -0.39 is 0 Å². The summed E-state index contributed by atoms with van der Waals surface area (Å²) in [6.45, 7) is 22.5. The molecule has 0 saturated heterocycles. The molecule has 1 atom stereocenters. The highest BCUT2D eigenvalue weighted by Gasteiger charge is 2.30. The van der Waals surface area contributed by atoms with Crippen molar-refractivity contribution in [1.29, 1.82) is 0 Å². The van der Waals surface area contributed by atoms with E-state index in [2.05, 4.69) is 146 Å². The van der Waals surface area contributed by atoms with Gasteiger partial charge < -0.3 is 9.97 Å². The maximum Gasteiger partial charge on any atom is 0.164 e. The van der Waals surface area contributed by atoms with Gasteiger partial charge in [0, 0.05) is 44.2 Å². The number of hydrogen-bond acceptors (Lipinski definition) is 6.